The number of hydrogen-bond donors (Lipinski definition) is 2. The molecule has 19 heavy (non-hydrogen) atoms. The second-order valence-corrected chi connectivity index (χ2v) is 5.12. The Kier molecular flexibility index (Phi) is 2.91. The molecule has 1 aliphatic rings. The molecule has 1 aliphatic heterocycles. The quantitative estimate of drug-likeness (QED) is 0.654. The number of nitrogen functional groups attached to an aromatic ring is 2. The summed E-state index contributed by atoms with van der Waals surface area (Å²) < 4.78 is 5.69. The van der Waals surface area contributed by atoms with Crippen molar-refractivity contribution in [2.45, 2.75) is 25.0 Å². The molecule has 3 nitrogen and oxygen atoms in total. The summed E-state index contributed by atoms with van der Waals surface area (Å²) in [7, 11) is 0. The molecule has 2 atom stereocenters. The Bertz CT molecular complexity index is 517. The first-order chi connectivity index (χ1) is 9.15. The van der Waals surface area contributed by atoms with E-state index in [1.54, 1.807) is 0 Å². The molecule has 1 saturated heterocycles. The molecule has 0 aromatic heterocycles. The van der Waals surface area contributed by atoms with Crippen LogP contribution < -0.4 is 11.5 Å². The molecule has 0 saturated carbocycles. The highest BCUT2D eigenvalue weighted by atomic mass is 16.6. The number of epoxide rings is 1. The fraction of sp³-hybridized carbons (Fsp3) is 0.250. The van der Waals surface area contributed by atoms with Gasteiger partial charge < -0.3 is 16.2 Å². The molecule has 1 heterocycles. The zero-order valence-electron chi connectivity index (χ0n) is 10.9. The van der Waals surface area contributed by atoms with E-state index in [2.05, 4.69) is 31.2 Å². The minimum Gasteiger partial charge on any atom is -0.399 e. The van der Waals surface area contributed by atoms with Gasteiger partial charge in [0.15, 0.2) is 0 Å². The van der Waals surface area contributed by atoms with Crippen molar-refractivity contribution in [3.8, 4) is 0 Å². The predicted molar refractivity (Wildman–Crippen MR) is 77.9 cm³/mol. The smallest absolute Gasteiger partial charge is 0.0947 e. The molecule has 1 fully saturated rings. The predicted octanol–water partition coefficient (Wildman–Crippen LogP) is 2.77. The van der Waals surface area contributed by atoms with Gasteiger partial charge in [-0.3, -0.25) is 0 Å². The first-order valence-electron chi connectivity index (χ1n) is 6.51. The minimum atomic E-state index is 0.243. The standard InChI is InChI=1S/C16H18N2O/c1-10-16(19-10)15(11-2-6-13(17)7-3-11)12-4-8-14(18)9-5-12/h2-10,15-16H,17-18H2,1H3. The Balaban J connectivity index is 1.98. The summed E-state index contributed by atoms with van der Waals surface area (Å²) >= 11 is 0. The van der Waals surface area contributed by atoms with Gasteiger partial charge in [0.2, 0.25) is 0 Å². The summed E-state index contributed by atoms with van der Waals surface area (Å²) in [6.07, 6.45) is 0.548. The lowest BCUT2D eigenvalue weighted by atomic mass is 9.87. The Morgan fingerprint density at radius 2 is 1.21 bits per heavy atom. The lowest BCUT2D eigenvalue weighted by Gasteiger charge is -2.16. The van der Waals surface area contributed by atoms with Gasteiger partial charge in [0.1, 0.15) is 0 Å². The number of nitrogens with two attached hydrogens (primary N) is 2. The first kappa shape index (κ1) is 12.1. The Morgan fingerprint density at radius 1 is 0.842 bits per heavy atom. The molecule has 0 bridgehead atoms. The lowest BCUT2D eigenvalue weighted by Crippen LogP contribution is -2.10. The summed E-state index contributed by atoms with van der Waals surface area (Å²) in [5.41, 5.74) is 15.5. The van der Waals surface area contributed by atoms with Crippen molar-refractivity contribution in [3.05, 3.63) is 59.7 Å². The van der Waals surface area contributed by atoms with E-state index in [0.29, 0.717) is 6.10 Å². The third-order valence-corrected chi connectivity index (χ3v) is 3.68. The highest BCUT2D eigenvalue weighted by molar-refractivity contribution is 5.46. The van der Waals surface area contributed by atoms with Crippen molar-refractivity contribution in [3.63, 3.8) is 0 Å². The van der Waals surface area contributed by atoms with Gasteiger partial charge in [-0.25, -0.2) is 0 Å². The van der Waals surface area contributed by atoms with E-state index in [1.807, 2.05) is 24.3 Å². The molecule has 0 spiro atoms. The fourth-order valence-electron chi connectivity index (χ4n) is 2.53. The molecule has 2 unspecified atom stereocenters. The monoisotopic (exact) mass is 254 g/mol. The Morgan fingerprint density at radius 3 is 1.53 bits per heavy atom. The van der Waals surface area contributed by atoms with Gasteiger partial charge in [0, 0.05) is 17.3 Å². The third kappa shape index (κ3) is 2.42. The van der Waals surface area contributed by atoms with Crippen LogP contribution in [0, 0.1) is 0 Å². The molecule has 2 aromatic rings. The molecule has 0 radical (unpaired) electrons. The van der Waals surface area contributed by atoms with Gasteiger partial charge >= 0.3 is 0 Å². The number of benzene rings is 2. The van der Waals surface area contributed by atoms with Crippen LogP contribution >= 0.6 is 0 Å². The second-order valence-electron chi connectivity index (χ2n) is 5.12. The first-order valence-corrected chi connectivity index (χ1v) is 6.51. The van der Waals surface area contributed by atoms with Crippen LogP contribution in [0.3, 0.4) is 0 Å². The van der Waals surface area contributed by atoms with Crippen LogP contribution in [0.25, 0.3) is 0 Å². The third-order valence-electron chi connectivity index (χ3n) is 3.68. The second kappa shape index (κ2) is 4.59. The van der Waals surface area contributed by atoms with Gasteiger partial charge in [0.05, 0.1) is 12.2 Å². The van der Waals surface area contributed by atoms with Crippen molar-refractivity contribution < 1.29 is 4.74 Å². The molecule has 0 amide bonds. The lowest BCUT2D eigenvalue weighted by molar-refractivity contribution is 0.365. The van der Waals surface area contributed by atoms with Crippen molar-refractivity contribution in [1.82, 2.24) is 0 Å². The fourth-order valence-corrected chi connectivity index (χ4v) is 2.53. The van der Waals surface area contributed by atoms with Crippen LogP contribution in [0.2, 0.25) is 0 Å². The van der Waals surface area contributed by atoms with E-state index < -0.39 is 0 Å². The number of hydrogen-bond acceptors (Lipinski definition) is 3. The highest BCUT2D eigenvalue weighted by Gasteiger charge is 2.42. The van der Waals surface area contributed by atoms with E-state index in [-0.39, 0.29) is 12.0 Å². The molecule has 3 heteroatoms. The van der Waals surface area contributed by atoms with E-state index in [0.717, 1.165) is 11.4 Å². The molecular weight excluding hydrogens is 236 g/mol. The summed E-state index contributed by atoms with van der Waals surface area (Å²) in [5.74, 6) is 0.246. The summed E-state index contributed by atoms with van der Waals surface area (Å²) in [4.78, 5) is 0. The van der Waals surface area contributed by atoms with Crippen molar-refractivity contribution in [2.24, 2.45) is 0 Å². The van der Waals surface area contributed by atoms with Crippen molar-refractivity contribution in [1.29, 1.82) is 0 Å². The van der Waals surface area contributed by atoms with Gasteiger partial charge in [-0.2, -0.15) is 0 Å². The van der Waals surface area contributed by atoms with Crippen LogP contribution in [-0.4, -0.2) is 12.2 Å². The van der Waals surface area contributed by atoms with Gasteiger partial charge in [-0.05, 0) is 42.3 Å². The summed E-state index contributed by atoms with van der Waals surface area (Å²) in [5, 5.41) is 0. The van der Waals surface area contributed by atoms with E-state index in [9.17, 15) is 0 Å². The van der Waals surface area contributed by atoms with Gasteiger partial charge in [-0.1, -0.05) is 24.3 Å². The Labute approximate surface area is 113 Å². The zero-order chi connectivity index (χ0) is 13.4. The van der Waals surface area contributed by atoms with Crippen molar-refractivity contribution in [2.75, 3.05) is 11.5 Å². The molecule has 0 aliphatic carbocycles. The van der Waals surface area contributed by atoms with Gasteiger partial charge in [0.25, 0.3) is 0 Å². The molecule has 3 rings (SSSR count). The van der Waals surface area contributed by atoms with Crippen LogP contribution in [-0.2, 0) is 4.74 Å². The number of anilines is 2. The maximum absolute atomic E-state index is 5.76. The summed E-state index contributed by atoms with van der Waals surface area (Å²) in [6.45, 7) is 2.10. The SMILES string of the molecule is CC1OC1C(c1ccc(N)cc1)c1ccc(N)cc1. The van der Waals surface area contributed by atoms with Crippen LogP contribution in [0.1, 0.15) is 24.0 Å². The van der Waals surface area contributed by atoms with E-state index in [4.69, 9.17) is 16.2 Å². The molecule has 2 aromatic carbocycles. The minimum absolute atomic E-state index is 0.243. The summed E-state index contributed by atoms with van der Waals surface area (Å²) in [6, 6.07) is 16.0. The van der Waals surface area contributed by atoms with Crippen LogP contribution in [0.4, 0.5) is 11.4 Å². The molecule has 98 valence electrons. The number of ether oxygens (including phenoxy) is 1. The Hall–Kier alpha value is -2.00. The average Bonchev–Trinajstić information content (AvgIpc) is 3.11. The van der Waals surface area contributed by atoms with Gasteiger partial charge in [-0.15, -0.1) is 0 Å². The maximum atomic E-state index is 5.76. The number of rotatable bonds is 3. The van der Waals surface area contributed by atoms with E-state index >= 15 is 0 Å². The maximum Gasteiger partial charge on any atom is 0.0947 e. The average molecular weight is 254 g/mol. The van der Waals surface area contributed by atoms with Crippen LogP contribution in [0.15, 0.2) is 48.5 Å². The largest absolute Gasteiger partial charge is 0.399 e. The van der Waals surface area contributed by atoms with E-state index in [1.165, 1.54) is 11.1 Å². The highest BCUT2D eigenvalue weighted by Crippen LogP contribution is 2.40. The van der Waals surface area contributed by atoms with Crippen LogP contribution in [0.5, 0.6) is 0 Å². The molecular formula is C16H18N2O. The molecule has 4 N–H and O–H groups in total. The van der Waals surface area contributed by atoms with Crippen molar-refractivity contribution >= 4 is 11.4 Å². The topological polar surface area (TPSA) is 64.6 Å². The zero-order valence-corrected chi connectivity index (χ0v) is 10.9. The normalized spacial score (nSPS) is 21.6.